The van der Waals surface area contributed by atoms with Gasteiger partial charge in [-0.25, -0.2) is 9.97 Å². The van der Waals surface area contributed by atoms with Gasteiger partial charge in [0.25, 0.3) is 0 Å². The highest BCUT2D eigenvalue weighted by atomic mass is 32.1. The molecule has 0 aliphatic heterocycles. The lowest BCUT2D eigenvalue weighted by Gasteiger charge is -2.02. The normalized spacial score (nSPS) is 10.7. The van der Waals surface area contributed by atoms with Gasteiger partial charge in [0.15, 0.2) is 0 Å². The molecule has 0 atom stereocenters. The molecule has 4 aromatic rings. The molecule has 0 radical (unpaired) electrons. The summed E-state index contributed by atoms with van der Waals surface area (Å²) in [5.41, 5.74) is 2.91. The predicted octanol–water partition coefficient (Wildman–Crippen LogP) is 2.52. The van der Waals surface area contributed by atoms with Crippen molar-refractivity contribution in [1.82, 2.24) is 25.5 Å². The number of nitriles is 1. The minimum Gasteiger partial charge on any atom is -0.481 e. The number of rotatable bonds is 7. The van der Waals surface area contributed by atoms with E-state index in [1.54, 1.807) is 24.6 Å². The molecule has 3 heterocycles. The van der Waals surface area contributed by atoms with E-state index in [1.165, 1.54) is 0 Å². The maximum Gasteiger partial charge on any atom is 0.230 e. The Bertz CT molecular complexity index is 1230. The van der Waals surface area contributed by atoms with Gasteiger partial charge in [-0.05, 0) is 23.8 Å². The summed E-state index contributed by atoms with van der Waals surface area (Å²) in [5.74, 6) is 0.821. The highest BCUT2D eigenvalue weighted by Crippen LogP contribution is 2.29. The Balaban J connectivity index is 1.47. The number of thiazole rings is 1. The maximum absolute atomic E-state index is 11.6. The second kappa shape index (κ2) is 8.67. The molecule has 1 aromatic carbocycles. The van der Waals surface area contributed by atoms with Gasteiger partial charge in [0.1, 0.15) is 18.0 Å². The molecule has 3 aromatic heterocycles. The summed E-state index contributed by atoms with van der Waals surface area (Å²) in [6.07, 6.45) is 2.09. The highest BCUT2D eigenvalue weighted by molar-refractivity contribution is 7.18. The summed E-state index contributed by atoms with van der Waals surface area (Å²) in [6.45, 7) is -0.0554. The quantitative estimate of drug-likeness (QED) is 0.452. The number of nitrogens with zero attached hydrogens (tertiary/aromatic N) is 5. The molecule has 9 nitrogen and oxygen atoms in total. The minimum atomic E-state index is -0.340. The summed E-state index contributed by atoms with van der Waals surface area (Å²) < 4.78 is 11.7. The number of carbonyl (C=O) groups is 1. The van der Waals surface area contributed by atoms with Gasteiger partial charge in [0.05, 0.1) is 29.8 Å². The molecular weight excluding hydrogens is 404 g/mol. The first-order valence-electron chi connectivity index (χ1n) is 8.99. The molecule has 1 amide bonds. The van der Waals surface area contributed by atoms with Crippen molar-refractivity contribution in [2.75, 3.05) is 13.7 Å². The van der Waals surface area contributed by atoms with E-state index in [0.29, 0.717) is 18.2 Å². The van der Waals surface area contributed by atoms with Gasteiger partial charge in [0, 0.05) is 17.8 Å². The standard InChI is InChI=1S/C20H16N6O3S/c1-28-17-5-3-13(11-23-17)12-2-4-14-15(8-12)30-20(24-14)10-19-26-25-18(29-19)9-16(27)22-7-6-21/h2-5,8,11H,7,9-10H2,1H3,(H,22,27). The largest absolute Gasteiger partial charge is 0.481 e. The average Bonchev–Trinajstić information content (AvgIpc) is 3.37. The van der Waals surface area contributed by atoms with Crippen LogP contribution in [-0.2, 0) is 17.6 Å². The van der Waals surface area contributed by atoms with Gasteiger partial charge in [-0.2, -0.15) is 5.26 Å². The van der Waals surface area contributed by atoms with Crippen LogP contribution in [0.25, 0.3) is 21.3 Å². The van der Waals surface area contributed by atoms with Gasteiger partial charge in [0.2, 0.25) is 23.6 Å². The van der Waals surface area contributed by atoms with Crippen molar-refractivity contribution in [1.29, 1.82) is 5.26 Å². The summed E-state index contributed by atoms with van der Waals surface area (Å²) in [7, 11) is 1.59. The van der Waals surface area contributed by atoms with Crippen LogP contribution in [-0.4, -0.2) is 39.7 Å². The van der Waals surface area contributed by atoms with Crippen LogP contribution < -0.4 is 10.1 Å². The van der Waals surface area contributed by atoms with Gasteiger partial charge in [-0.3, -0.25) is 4.79 Å². The molecule has 150 valence electrons. The molecule has 0 unspecified atom stereocenters. The van der Waals surface area contributed by atoms with E-state index in [2.05, 4.69) is 31.5 Å². The predicted molar refractivity (Wildman–Crippen MR) is 109 cm³/mol. The Labute approximate surface area is 175 Å². The Morgan fingerprint density at radius 1 is 1.23 bits per heavy atom. The molecule has 0 fully saturated rings. The summed E-state index contributed by atoms with van der Waals surface area (Å²) in [4.78, 5) is 20.5. The number of hydrogen-bond acceptors (Lipinski definition) is 9. The lowest BCUT2D eigenvalue weighted by Crippen LogP contribution is -2.25. The fourth-order valence-corrected chi connectivity index (χ4v) is 3.80. The minimum absolute atomic E-state index is 0.0554. The molecule has 0 bridgehead atoms. The number of carbonyl (C=O) groups excluding carboxylic acids is 1. The van der Waals surface area contributed by atoms with Crippen LogP contribution in [0, 0.1) is 11.3 Å². The summed E-state index contributed by atoms with van der Waals surface area (Å²) in [5, 5.41) is 19.6. The zero-order valence-electron chi connectivity index (χ0n) is 16.0. The number of pyridine rings is 1. The number of hydrogen-bond donors (Lipinski definition) is 1. The average molecular weight is 420 g/mol. The number of nitrogens with one attached hydrogen (secondary N) is 1. The van der Waals surface area contributed by atoms with Crippen molar-refractivity contribution in [3.63, 3.8) is 0 Å². The SMILES string of the molecule is COc1ccc(-c2ccc3nc(Cc4nnc(CC(=O)NCC#N)o4)sc3c2)cn1. The summed E-state index contributed by atoms with van der Waals surface area (Å²) >= 11 is 1.54. The third-order valence-corrected chi connectivity index (χ3v) is 5.22. The molecule has 10 heteroatoms. The smallest absolute Gasteiger partial charge is 0.230 e. The van der Waals surface area contributed by atoms with Gasteiger partial charge in [-0.1, -0.05) is 6.07 Å². The monoisotopic (exact) mass is 420 g/mol. The molecule has 0 saturated carbocycles. The Hall–Kier alpha value is -3.84. The van der Waals surface area contributed by atoms with E-state index in [1.807, 2.05) is 30.3 Å². The van der Waals surface area contributed by atoms with Gasteiger partial charge in [-0.15, -0.1) is 21.5 Å². The van der Waals surface area contributed by atoms with Crippen molar-refractivity contribution >= 4 is 27.5 Å². The maximum atomic E-state index is 11.6. The van der Waals surface area contributed by atoms with E-state index >= 15 is 0 Å². The Kier molecular flexibility index (Phi) is 5.63. The highest BCUT2D eigenvalue weighted by Gasteiger charge is 2.14. The fraction of sp³-hybridized carbons (Fsp3) is 0.200. The van der Waals surface area contributed by atoms with Crippen LogP contribution >= 0.6 is 11.3 Å². The lowest BCUT2D eigenvalue weighted by atomic mass is 10.1. The number of aromatic nitrogens is 4. The number of fused-ring (bicyclic) bond motifs is 1. The second-order valence-electron chi connectivity index (χ2n) is 6.26. The first-order chi connectivity index (χ1) is 14.6. The van der Waals surface area contributed by atoms with Crippen LogP contribution in [0.5, 0.6) is 5.88 Å². The van der Waals surface area contributed by atoms with E-state index in [-0.39, 0.29) is 24.8 Å². The number of methoxy groups -OCH3 is 1. The zero-order chi connectivity index (χ0) is 20.9. The molecule has 30 heavy (non-hydrogen) atoms. The van der Waals surface area contributed by atoms with E-state index in [9.17, 15) is 4.79 Å². The number of amides is 1. The Morgan fingerprint density at radius 2 is 2.07 bits per heavy atom. The topological polar surface area (TPSA) is 127 Å². The zero-order valence-corrected chi connectivity index (χ0v) is 16.8. The van der Waals surface area contributed by atoms with Gasteiger partial charge >= 0.3 is 0 Å². The first-order valence-corrected chi connectivity index (χ1v) is 9.81. The van der Waals surface area contributed by atoms with E-state index in [4.69, 9.17) is 14.4 Å². The van der Waals surface area contributed by atoms with Crippen molar-refractivity contribution in [3.05, 3.63) is 53.3 Å². The lowest BCUT2D eigenvalue weighted by molar-refractivity contribution is -0.120. The first kappa shape index (κ1) is 19.5. The molecule has 0 aliphatic carbocycles. The Morgan fingerprint density at radius 3 is 2.83 bits per heavy atom. The number of ether oxygens (including phenoxy) is 1. The van der Waals surface area contributed by atoms with Gasteiger partial charge < -0.3 is 14.5 Å². The number of benzene rings is 1. The van der Waals surface area contributed by atoms with Crippen LogP contribution in [0.2, 0.25) is 0 Å². The van der Waals surface area contributed by atoms with E-state index < -0.39 is 0 Å². The van der Waals surface area contributed by atoms with Crippen LogP contribution in [0.4, 0.5) is 0 Å². The van der Waals surface area contributed by atoms with Crippen molar-refractivity contribution in [2.45, 2.75) is 12.8 Å². The van der Waals surface area contributed by atoms with E-state index in [0.717, 1.165) is 26.4 Å². The third-order valence-electron chi connectivity index (χ3n) is 4.20. The van der Waals surface area contributed by atoms with Crippen molar-refractivity contribution in [3.8, 4) is 23.1 Å². The van der Waals surface area contributed by atoms with Crippen LogP contribution in [0.15, 0.2) is 40.9 Å². The molecule has 0 saturated heterocycles. The van der Waals surface area contributed by atoms with Crippen LogP contribution in [0.3, 0.4) is 0 Å². The molecule has 0 spiro atoms. The fourth-order valence-electron chi connectivity index (χ4n) is 2.80. The summed E-state index contributed by atoms with van der Waals surface area (Å²) in [6, 6.07) is 11.7. The molecule has 1 N–H and O–H groups in total. The molecular formula is C20H16N6O3S. The molecule has 4 rings (SSSR count). The van der Waals surface area contributed by atoms with Crippen LogP contribution in [0.1, 0.15) is 16.8 Å². The van der Waals surface area contributed by atoms with Crippen molar-refractivity contribution < 1.29 is 13.9 Å². The second-order valence-corrected chi connectivity index (χ2v) is 7.37. The molecule has 0 aliphatic rings. The third kappa shape index (κ3) is 4.42. The van der Waals surface area contributed by atoms with Crippen molar-refractivity contribution in [2.24, 2.45) is 0 Å².